The van der Waals surface area contributed by atoms with E-state index in [1.807, 2.05) is 6.07 Å². The van der Waals surface area contributed by atoms with Crippen LogP contribution in [-0.2, 0) is 16.6 Å². The highest BCUT2D eigenvalue weighted by Crippen LogP contribution is 2.60. The minimum absolute atomic E-state index is 0.0542. The van der Waals surface area contributed by atoms with Crippen LogP contribution < -0.4 is 5.32 Å². The summed E-state index contributed by atoms with van der Waals surface area (Å²) < 4.78 is 0. The third kappa shape index (κ3) is 2.66. The van der Waals surface area contributed by atoms with E-state index in [0.29, 0.717) is 18.8 Å². The van der Waals surface area contributed by atoms with Crippen LogP contribution in [0.3, 0.4) is 0 Å². The Balaban J connectivity index is 1.51. The van der Waals surface area contributed by atoms with E-state index < -0.39 is 23.2 Å². The van der Waals surface area contributed by atoms with Crippen molar-refractivity contribution in [3.8, 4) is 5.75 Å². The number of benzene rings is 1. The number of rotatable bonds is 3. The zero-order chi connectivity index (χ0) is 21.5. The van der Waals surface area contributed by atoms with Gasteiger partial charge in [0.05, 0.1) is 11.2 Å². The minimum Gasteiger partial charge on any atom is -0.508 e. The summed E-state index contributed by atoms with van der Waals surface area (Å²) in [7, 11) is 0. The maximum Gasteiger partial charge on any atom is 0.336 e. The average molecular weight is 424 g/mol. The number of hydrogen-bond acceptors (Lipinski definition) is 6. The Morgan fingerprint density at radius 3 is 2.81 bits per heavy atom. The van der Waals surface area contributed by atoms with Gasteiger partial charge >= 0.3 is 5.97 Å². The summed E-state index contributed by atoms with van der Waals surface area (Å²) in [6, 6.07) is 5.45. The highest BCUT2D eigenvalue weighted by Gasteiger charge is 2.65. The summed E-state index contributed by atoms with van der Waals surface area (Å²) in [5.74, 6) is -0.257. The third-order valence-electron chi connectivity index (χ3n) is 8.37. The largest absolute Gasteiger partial charge is 0.508 e. The number of aliphatic hydroxyl groups excluding tert-OH is 1. The number of carboxylic acid groups (broad SMARTS) is 1. The van der Waals surface area contributed by atoms with E-state index in [0.717, 1.165) is 48.3 Å². The molecule has 5 aliphatic rings. The topological polar surface area (TPSA) is 113 Å². The number of piperidine rings is 1. The van der Waals surface area contributed by atoms with Crippen LogP contribution in [0.2, 0.25) is 0 Å². The number of phenols is 1. The summed E-state index contributed by atoms with van der Waals surface area (Å²) >= 11 is 0. The number of allylic oxidation sites excluding steroid dienone is 2. The van der Waals surface area contributed by atoms with Crippen molar-refractivity contribution in [3.63, 3.8) is 0 Å². The number of carbonyl (C=O) groups is 1. The van der Waals surface area contributed by atoms with Gasteiger partial charge in [-0.2, -0.15) is 0 Å². The lowest BCUT2D eigenvalue weighted by molar-refractivity contribution is -0.152. The molecular formula is C24H28N2O5. The van der Waals surface area contributed by atoms with Crippen LogP contribution in [0.5, 0.6) is 5.75 Å². The molecular weight excluding hydrogens is 396 g/mol. The Kier molecular flexibility index (Phi) is 3.96. The molecule has 1 aromatic rings. The average Bonchev–Trinajstić information content (AvgIpc) is 3.53. The lowest BCUT2D eigenvalue weighted by atomic mass is 9.49. The van der Waals surface area contributed by atoms with Crippen molar-refractivity contribution in [1.29, 1.82) is 0 Å². The number of aliphatic hydroxyl groups is 2. The van der Waals surface area contributed by atoms with Gasteiger partial charge in [0.2, 0.25) is 0 Å². The second-order valence-corrected chi connectivity index (χ2v) is 10.1. The summed E-state index contributed by atoms with van der Waals surface area (Å²) in [6.45, 7) is 1.88. The maximum atomic E-state index is 12.4. The number of hydrogen-bond donors (Lipinski definition) is 5. The SMILES string of the molecule is O=C(O)C1=CC2=C(C[C@]34CCN(CC5CC5)[C@H](Cc5ccc(O)cc53)[C@]4(O)C2)NC1O. The van der Waals surface area contributed by atoms with Gasteiger partial charge < -0.3 is 25.7 Å². The number of phenolic OH excluding ortho intramolecular Hbond substituents is 1. The standard InChI is InChI=1S/C24H28N2O5/c27-16-4-3-14-8-20-24(31)10-15-7-17(22(29)30)21(28)25-19(15)11-23(24,18(14)9-16)5-6-26(20)12-13-1-2-13/h3-4,7,9,13,20-21,25,27-28,31H,1-2,5-6,8,10-12H2,(H,29,30)/t20-,21?,23-,24-/m1/s1. The molecule has 2 bridgehead atoms. The number of fused-ring (bicyclic) bond motifs is 1. The molecule has 2 aliphatic heterocycles. The van der Waals surface area contributed by atoms with Gasteiger partial charge in [0.15, 0.2) is 6.23 Å². The third-order valence-corrected chi connectivity index (χ3v) is 8.37. The molecule has 3 aliphatic carbocycles. The first-order valence-electron chi connectivity index (χ1n) is 11.2. The lowest BCUT2D eigenvalue weighted by Gasteiger charge is -2.64. The molecule has 2 fully saturated rings. The molecule has 0 amide bonds. The van der Waals surface area contributed by atoms with E-state index >= 15 is 0 Å². The Labute approximate surface area is 180 Å². The molecule has 5 N–H and O–H groups in total. The van der Waals surface area contributed by atoms with Gasteiger partial charge in [0.1, 0.15) is 5.75 Å². The second kappa shape index (κ2) is 6.34. The molecule has 1 saturated heterocycles. The molecule has 1 unspecified atom stereocenters. The van der Waals surface area contributed by atoms with Gasteiger partial charge in [-0.05, 0) is 73.1 Å². The summed E-state index contributed by atoms with van der Waals surface area (Å²) in [6.07, 6.45) is 5.07. The number of aromatic hydroxyl groups is 1. The Morgan fingerprint density at radius 1 is 1.26 bits per heavy atom. The number of nitrogens with one attached hydrogen (secondary N) is 1. The van der Waals surface area contributed by atoms with E-state index in [1.165, 1.54) is 12.8 Å². The van der Waals surface area contributed by atoms with Crippen molar-refractivity contribution >= 4 is 5.97 Å². The molecule has 2 heterocycles. The van der Waals surface area contributed by atoms with Gasteiger partial charge in [-0.1, -0.05) is 6.07 Å². The second-order valence-electron chi connectivity index (χ2n) is 10.1. The summed E-state index contributed by atoms with van der Waals surface area (Å²) in [5, 5.41) is 45.5. The smallest absolute Gasteiger partial charge is 0.336 e. The minimum atomic E-state index is -1.27. The van der Waals surface area contributed by atoms with Crippen LogP contribution in [0.1, 0.15) is 43.2 Å². The monoisotopic (exact) mass is 424 g/mol. The van der Waals surface area contributed by atoms with Crippen molar-refractivity contribution in [1.82, 2.24) is 10.2 Å². The number of dihydropyridines is 1. The normalized spacial score (nSPS) is 36.6. The van der Waals surface area contributed by atoms with Crippen LogP contribution in [0.25, 0.3) is 0 Å². The molecule has 0 radical (unpaired) electrons. The van der Waals surface area contributed by atoms with E-state index in [4.69, 9.17) is 0 Å². The predicted octanol–water partition coefficient (Wildman–Crippen LogP) is 1.38. The van der Waals surface area contributed by atoms with Crippen molar-refractivity contribution in [2.24, 2.45) is 5.92 Å². The Hall–Kier alpha value is -2.35. The molecule has 7 heteroatoms. The molecule has 4 atom stereocenters. The van der Waals surface area contributed by atoms with Crippen molar-refractivity contribution in [2.75, 3.05) is 13.1 Å². The van der Waals surface area contributed by atoms with Gasteiger partial charge in [0.25, 0.3) is 0 Å². The number of nitrogens with zero attached hydrogens (tertiary/aromatic N) is 1. The molecule has 164 valence electrons. The molecule has 6 rings (SSSR count). The fraction of sp³-hybridized carbons (Fsp3) is 0.542. The molecule has 7 nitrogen and oxygen atoms in total. The first-order chi connectivity index (χ1) is 14.8. The van der Waals surface area contributed by atoms with Crippen LogP contribution in [0.4, 0.5) is 0 Å². The van der Waals surface area contributed by atoms with Gasteiger partial charge in [-0.15, -0.1) is 0 Å². The molecule has 0 aromatic heterocycles. The molecule has 0 spiro atoms. The van der Waals surface area contributed by atoms with Crippen LogP contribution in [0.15, 0.2) is 41.1 Å². The number of carboxylic acids is 1. The van der Waals surface area contributed by atoms with Crippen LogP contribution in [-0.4, -0.2) is 62.3 Å². The highest BCUT2D eigenvalue weighted by molar-refractivity contribution is 5.89. The maximum absolute atomic E-state index is 12.4. The molecule has 1 saturated carbocycles. The summed E-state index contributed by atoms with van der Waals surface area (Å²) in [5.41, 5.74) is 1.99. The van der Waals surface area contributed by atoms with Gasteiger partial charge in [-0.25, -0.2) is 4.79 Å². The fourth-order valence-electron chi connectivity index (χ4n) is 6.65. The van der Waals surface area contributed by atoms with Crippen molar-refractivity contribution in [2.45, 2.75) is 61.8 Å². The zero-order valence-corrected chi connectivity index (χ0v) is 17.3. The first kappa shape index (κ1) is 19.3. The van der Waals surface area contributed by atoms with E-state index in [-0.39, 0.29) is 17.4 Å². The Morgan fingerprint density at radius 2 is 2.06 bits per heavy atom. The lowest BCUT2D eigenvalue weighted by Crippen LogP contribution is -2.73. The number of likely N-dealkylation sites (tertiary alicyclic amines) is 1. The van der Waals surface area contributed by atoms with Crippen molar-refractivity contribution < 1.29 is 25.2 Å². The highest BCUT2D eigenvalue weighted by atomic mass is 16.4. The predicted molar refractivity (Wildman–Crippen MR) is 112 cm³/mol. The van der Waals surface area contributed by atoms with Gasteiger partial charge in [-0.3, -0.25) is 4.90 Å². The van der Waals surface area contributed by atoms with Crippen molar-refractivity contribution in [3.05, 3.63) is 52.2 Å². The quantitative estimate of drug-likeness (QED) is 0.498. The van der Waals surface area contributed by atoms with E-state index in [2.05, 4.69) is 10.2 Å². The van der Waals surface area contributed by atoms with Crippen LogP contribution >= 0.6 is 0 Å². The molecule has 1 aromatic carbocycles. The number of aliphatic carboxylic acids is 1. The Bertz CT molecular complexity index is 1040. The van der Waals surface area contributed by atoms with Crippen LogP contribution in [0, 0.1) is 5.92 Å². The summed E-state index contributed by atoms with van der Waals surface area (Å²) in [4.78, 5) is 14.0. The zero-order valence-electron chi connectivity index (χ0n) is 17.3. The molecule has 31 heavy (non-hydrogen) atoms. The van der Waals surface area contributed by atoms with E-state index in [9.17, 15) is 25.2 Å². The fourth-order valence-corrected chi connectivity index (χ4v) is 6.65. The van der Waals surface area contributed by atoms with E-state index in [1.54, 1.807) is 18.2 Å². The van der Waals surface area contributed by atoms with Gasteiger partial charge in [0, 0.05) is 36.5 Å². The first-order valence-corrected chi connectivity index (χ1v) is 11.2.